The van der Waals surface area contributed by atoms with Gasteiger partial charge in [0.05, 0.1) is 12.6 Å². The quantitative estimate of drug-likeness (QED) is 0.431. The molecule has 10 nitrogen and oxygen atoms in total. The number of pyridine rings is 1. The van der Waals surface area contributed by atoms with E-state index in [0.717, 1.165) is 38.2 Å². The van der Waals surface area contributed by atoms with Crippen molar-refractivity contribution in [1.29, 1.82) is 0 Å². The van der Waals surface area contributed by atoms with E-state index in [1.165, 1.54) is 5.56 Å². The van der Waals surface area contributed by atoms with Crippen LogP contribution in [0.4, 0.5) is 13.2 Å². The van der Waals surface area contributed by atoms with Crippen LogP contribution in [0, 0.1) is 0 Å². The standard InChI is InChI=1S/C22H28N6O2.C2HF3O2/c1-2-18(14-29)26-22(30)20-21-24-9-5-19(28(21)15-25-20)17-6-10-27(11-7-17)13-16-4-3-8-23-12-16;3-2(4,5)1(6)7/h3-5,8-9,12,15,17-18,29H,2,6-7,10-11,13-14H2,1H3,(H,26,30);(H,6,7). The van der Waals surface area contributed by atoms with Crippen LogP contribution in [-0.2, 0) is 11.3 Å². The van der Waals surface area contributed by atoms with E-state index in [1.54, 1.807) is 18.7 Å². The smallest absolute Gasteiger partial charge is 0.475 e. The number of carbonyl (C=O) groups excluding carboxylic acids is 1. The first-order valence-electron chi connectivity index (χ1n) is 11.8. The highest BCUT2D eigenvalue weighted by atomic mass is 19.4. The molecule has 1 saturated heterocycles. The van der Waals surface area contributed by atoms with Gasteiger partial charge in [0, 0.05) is 36.7 Å². The topological polar surface area (TPSA) is 133 Å². The number of nitrogens with zero attached hydrogens (tertiary/aromatic N) is 5. The number of aliphatic hydroxyl groups is 1. The first-order valence-corrected chi connectivity index (χ1v) is 11.8. The SMILES string of the molecule is CCC(CO)NC(=O)c1ncn2c(C3CCN(Cc4cccnc4)CC3)ccnc12.O=C(O)C(F)(F)F. The Kier molecular flexibility index (Phi) is 9.53. The number of imidazole rings is 1. The molecular formula is C24H29F3N6O4. The number of piperidine rings is 1. The zero-order valence-electron chi connectivity index (χ0n) is 20.2. The Morgan fingerprint density at radius 1 is 1.19 bits per heavy atom. The van der Waals surface area contributed by atoms with Crippen LogP contribution >= 0.6 is 0 Å². The molecule has 3 aromatic rings. The summed E-state index contributed by atoms with van der Waals surface area (Å²) < 4.78 is 33.7. The van der Waals surface area contributed by atoms with E-state index in [1.807, 2.05) is 29.7 Å². The van der Waals surface area contributed by atoms with Gasteiger partial charge in [-0.15, -0.1) is 0 Å². The number of fused-ring (bicyclic) bond motifs is 1. The Morgan fingerprint density at radius 3 is 2.46 bits per heavy atom. The van der Waals surface area contributed by atoms with Gasteiger partial charge in [0.2, 0.25) is 0 Å². The highest BCUT2D eigenvalue weighted by Crippen LogP contribution is 2.29. The second kappa shape index (κ2) is 12.6. The lowest BCUT2D eigenvalue weighted by Gasteiger charge is -2.32. The molecule has 1 atom stereocenters. The molecule has 0 aliphatic carbocycles. The van der Waals surface area contributed by atoms with Gasteiger partial charge in [-0.05, 0) is 50.0 Å². The van der Waals surface area contributed by atoms with Gasteiger partial charge in [0.25, 0.3) is 5.91 Å². The molecule has 1 fully saturated rings. The van der Waals surface area contributed by atoms with Gasteiger partial charge in [-0.1, -0.05) is 13.0 Å². The summed E-state index contributed by atoms with van der Waals surface area (Å²) in [5.41, 5.74) is 3.25. The Balaban J connectivity index is 0.000000479. The zero-order valence-corrected chi connectivity index (χ0v) is 20.2. The molecule has 0 radical (unpaired) electrons. The molecule has 4 rings (SSSR count). The van der Waals surface area contributed by atoms with Gasteiger partial charge in [0.1, 0.15) is 6.33 Å². The molecule has 13 heteroatoms. The van der Waals surface area contributed by atoms with E-state index in [2.05, 4.69) is 31.2 Å². The molecule has 0 bridgehead atoms. The van der Waals surface area contributed by atoms with Gasteiger partial charge in [-0.2, -0.15) is 13.2 Å². The predicted molar refractivity (Wildman–Crippen MR) is 127 cm³/mol. The molecule has 1 aliphatic rings. The Bertz CT molecular complexity index is 1180. The fraction of sp³-hybridized carbons (Fsp3) is 0.458. The maximum atomic E-state index is 12.6. The first kappa shape index (κ1) is 28.0. The third kappa shape index (κ3) is 7.46. The summed E-state index contributed by atoms with van der Waals surface area (Å²) in [6.07, 6.45) is 4.84. The molecule has 4 heterocycles. The van der Waals surface area contributed by atoms with Gasteiger partial charge >= 0.3 is 12.1 Å². The number of amides is 1. The monoisotopic (exact) mass is 522 g/mol. The number of hydrogen-bond acceptors (Lipinski definition) is 7. The summed E-state index contributed by atoms with van der Waals surface area (Å²) in [5, 5.41) is 19.3. The van der Waals surface area contributed by atoms with E-state index in [4.69, 9.17) is 9.90 Å². The highest BCUT2D eigenvalue weighted by molar-refractivity contribution is 5.98. The number of alkyl halides is 3. The van der Waals surface area contributed by atoms with Crippen molar-refractivity contribution in [3.8, 4) is 0 Å². The van der Waals surface area contributed by atoms with Crippen LogP contribution in [0.15, 0.2) is 43.1 Å². The van der Waals surface area contributed by atoms with Crippen molar-refractivity contribution in [2.75, 3.05) is 19.7 Å². The summed E-state index contributed by atoms with van der Waals surface area (Å²) >= 11 is 0. The van der Waals surface area contributed by atoms with Crippen LogP contribution in [0.3, 0.4) is 0 Å². The minimum atomic E-state index is -5.08. The largest absolute Gasteiger partial charge is 0.490 e. The normalized spacial score (nSPS) is 15.6. The number of carboxylic acids is 1. The first-order chi connectivity index (χ1) is 17.6. The fourth-order valence-corrected chi connectivity index (χ4v) is 4.08. The number of carboxylic acid groups (broad SMARTS) is 1. The maximum absolute atomic E-state index is 12.6. The molecule has 3 aromatic heterocycles. The third-order valence-electron chi connectivity index (χ3n) is 6.10. The van der Waals surface area contributed by atoms with Crippen LogP contribution in [0.5, 0.6) is 0 Å². The molecule has 1 aliphatic heterocycles. The number of likely N-dealkylation sites (tertiary alicyclic amines) is 1. The number of rotatable bonds is 7. The van der Waals surface area contributed by atoms with Crippen LogP contribution in [0.2, 0.25) is 0 Å². The minimum Gasteiger partial charge on any atom is -0.475 e. The molecule has 0 aromatic carbocycles. The van der Waals surface area contributed by atoms with Crippen molar-refractivity contribution in [3.63, 3.8) is 0 Å². The number of carbonyl (C=O) groups is 2. The molecule has 200 valence electrons. The number of aromatic nitrogens is 4. The molecule has 0 saturated carbocycles. The minimum absolute atomic E-state index is 0.0929. The molecule has 1 amide bonds. The molecular weight excluding hydrogens is 493 g/mol. The van der Waals surface area contributed by atoms with Crippen molar-refractivity contribution >= 4 is 17.5 Å². The summed E-state index contributed by atoms with van der Waals surface area (Å²) in [6, 6.07) is 5.84. The molecule has 0 spiro atoms. The number of aliphatic hydroxyl groups excluding tert-OH is 1. The molecule has 37 heavy (non-hydrogen) atoms. The average molecular weight is 523 g/mol. The van der Waals surface area contributed by atoms with Crippen molar-refractivity contribution in [3.05, 3.63) is 60.1 Å². The summed E-state index contributed by atoms with van der Waals surface area (Å²) in [4.78, 5) is 36.9. The predicted octanol–water partition coefficient (Wildman–Crippen LogP) is 2.64. The number of nitrogens with one attached hydrogen (secondary N) is 1. The Hall–Kier alpha value is -3.58. The zero-order chi connectivity index (χ0) is 27.0. The average Bonchev–Trinajstić information content (AvgIpc) is 3.33. The number of halogens is 3. The van der Waals surface area contributed by atoms with Gasteiger partial charge < -0.3 is 15.5 Å². The summed E-state index contributed by atoms with van der Waals surface area (Å²) in [7, 11) is 0. The van der Waals surface area contributed by atoms with E-state index in [9.17, 15) is 23.1 Å². The second-order valence-electron chi connectivity index (χ2n) is 8.63. The Labute approximate surface area is 211 Å². The number of aliphatic carboxylic acids is 1. The maximum Gasteiger partial charge on any atom is 0.490 e. The van der Waals surface area contributed by atoms with Gasteiger partial charge in [-0.3, -0.25) is 19.1 Å². The fourth-order valence-electron chi connectivity index (χ4n) is 4.08. The van der Waals surface area contributed by atoms with Crippen LogP contribution in [-0.4, -0.2) is 78.3 Å². The van der Waals surface area contributed by atoms with Gasteiger partial charge in [-0.25, -0.2) is 14.8 Å². The molecule has 1 unspecified atom stereocenters. The van der Waals surface area contributed by atoms with Gasteiger partial charge in [0.15, 0.2) is 11.3 Å². The second-order valence-corrected chi connectivity index (χ2v) is 8.63. The van der Waals surface area contributed by atoms with Crippen LogP contribution in [0.25, 0.3) is 5.65 Å². The van der Waals surface area contributed by atoms with Crippen molar-refractivity contribution in [1.82, 2.24) is 29.6 Å². The van der Waals surface area contributed by atoms with E-state index in [0.29, 0.717) is 23.7 Å². The lowest BCUT2D eigenvalue weighted by Crippen LogP contribution is -2.37. The van der Waals surface area contributed by atoms with Crippen molar-refractivity contribution in [2.45, 2.75) is 50.9 Å². The summed E-state index contributed by atoms with van der Waals surface area (Å²) in [6.45, 7) is 4.78. The molecule has 3 N–H and O–H groups in total. The third-order valence-corrected chi connectivity index (χ3v) is 6.10. The lowest BCUT2D eigenvalue weighted by atomic mass is 9.93. The van der Waals surface area contributed by atoms with Crippen LogP contribution in [0.1, 0.15) is 53.8 Å². The lowest BCUT2D eigenvalue weighted by molar-refractivity contribution is -0.192. The van der Waals surface area contributed by atoms with Crippen LogP contribution < -0.4 is 5.32 Å². The van der Waals surface area contributed by atoms with E-state index in [-0.39, 0.29) is 18.6 Å². The van der Waals surface area contributed by atoms with E-state index >= 15 is 0 Å². The van der Waals surface area contributed by atoms with Crippen molar-refractivity contribution < 1.29 is 33.0 Å². The Morgan fingerprint density at radius 2 is 1.89 bits per heavy atom. The number of hydrogen-bond donors (Lipinski definition) is 3. The highest BCUT2D eigenvalue weighted by Gasteiger charge is 2.38. The summed E-state index contributed by atoms with van der Waals surface area (Å²) in [5.74, 6) is -2.66. The van der Waals surface area contributed by atoms with E-state index < -0.39 is 12.1 Å². The van der Waals surface area contributed by atoms with Crippen molar-refractivity contribution in [2.24, 2.45) is 0 Å².